The van der Waals surface area contributed by atoms with Crippen molar-refractivity contribution in [3.63, 3.8) is 0 Å². The Morgan fingerprint density at radius 3 is 2.62 bits per heavy atom. The Bertz CT molecular complexity index is 844. The lowest BCUT2D eigenvalue weighted by atomic mass is 9.93. The molecule has 2 aromatic heterocycles. The molecule has 1 fully saturated rings. The number of para-hydroxylation sites is 2. The molecule has 4 heteroatoms. The van der Waals surface area contributed by atoms with Crippen LogP contribution < -0.4 is 9.47 Å². The molecule has 1 aliphatic heterocycles. The van der Waals surface area contributed by atoms with E-state index in [1.807, 2.05) is 0 Å². The number of fused-ring (bicyclic) bond motifs is 3. The van der Waals surface area contributed by atoms with E-state index in [-0.39, 0.29) is 5.41 Å². The van der Waals surface area contributed by atoms with Crippen molar-refractivity contribution in [3.05, 3.63) is 36.2 Å². The van der Waals surface area contributed by atoms with Crippen molar-refractivity contribution < 1.29 is 9.47 Å². The van der Waals surface area contributed by atoms with Crippen LogP contribution in [0.2, 0.25) is 0 Å². The summed E-state index contributed by atoms with van der Waals surface area (Å²) in [6.07, 6.45) is 6.48. The zero-order valence-corrected chi connectivity index (χ0v) is 15.2. The quantitative estimate of drug-likeness (QED) is 0.690. The van der Waals surface area contributed by atoms with Crippen LogP contribution in [0.25, 0.3) is 16.8 Å². The van der Waals surface area contributed by atoms with Crippen LogP contribution >= 0.6 is 0 Å². The Balaban J connectivity index is 1.74. The Kier molecular flexibility index (Phi) is 3.87. The first-order valence-electron chi connectivity index (χ1n) is 9.40. The van der Waals surface area contributed by atoms with Crippen LogP contribution in [0.3, 0.4) is 0 Å². The van der Waals surface area contributed by atoms with E-state index in [2.05, 4.69) is 65.2 Å². The lowest BCUT2D eigenvalue weighted by Crippen LogP contribution is -3.13. The Morgan fingerprint density at radius 1 is 1.12 bits per heavy atom. The molecule has 0 spiro atoms. The number of nitrogens with zero attached hydrogens (tertiary/aromatic N) is 2. The summed E-state index contributed by atoms with van der Waals surface area (Å²) in [7, 11) is 0. The number of aromatic nitrogens is 3. The number of aromatic amines is 1. The molecule has 0 saturated carbocycles. The van der Waals surface area contributed by atoms with Gasteiger partial charge in [0.1, 0.15) is 36.0 Å². The molecule has 1 aromatic carbocycles. The molecule has 4 rings (SSSR count). The normalized spacial score (nSPS) is 17.1. The summed E-state index contributed by atoms with van der Waals surface area (Å²) in [5, 5.41) is 0. The maximum Gasteiger partial charge on any atom is 0.368 e. The van der Waals surface area contributed by atoms with Gasteiger partial charge >= 0.3 is 5.78 Å². The minimum atomic E-state index is 0.135. The predicted molar refractivity (Wildman–Crippen MR) is 97.6 cm³/mol. The number of H-pyrrole nitrogens is 1. The number of piperidine rings is 1. The number of quaternary nitrogens is 1. The number of imidazole rings is 2. The monoisotopic (exact) mass is 326 g/mol. The number of benzene rings is 1. The van der Waals surface area contributed by atoms with Crippen molar-refractivity contribution in [2.75, 3.05) is 19.6 Å². The standard InChI is InChI=1S/C20H28N4/c1-20(2,3)18-15-24-17-10-6-5-9-16(17)23(19(24)21-18)14-13-22-11-7-4-8-12-22/h5-6,9-10,15H,4,7-8,11-14H2,1-3H3/p+2. The van der Waals surface area contributed by atoms with Gasteiger partial charge in [-0.2, -0.15) is 4.40 Å². The summed E-state index contributed by atoms with van der Waals surface area (Å²) >= 11 is 0. The maximum absolute atomic E-state index is 3.70. The fourth-order valence-electron chi connectivity index (χ4n) is 3.97. The minimum absolute atomic E-state index is 0.135. The van der Waals surface area contributed by atoms with Gasteiger partial charge in [-0.1, -0.05) is 32.9 Å². The van der Waals surface area contributed by atoms with Crippen LogP contribution in [0.5, 0.6) is 0 Å². The topological polar surface area (TPSA) is 28.5 Å². The minimum Gasteiger partial charge on any atom is -0.332 e. The lowest BCUT2D eigenvalue weighted by molar-refractivity contribution is -0.920. The molecule has 3 heterocycles. The third-order valence-corrected chi connectivity index (χ3v) is 5.48. The van der Waals surface area contributed by atoms with Crippen LogP contribution in [-0.2, 0) is 12.0 Å². The summed E-state index contributed by atoms with van der Waals surface area (Å²) < 4.78 is 4.81. The third kappa shape index (κ3) is 2.73. The fourth-order valence-corrected chi connectivity index (χ4v) is 3.97. The van der Waals surface area contributed by atoms with E-state index in [0.29, 0.717) is 0 Å². The number of nitrogens with one attached hydrogen (secondary N) is 2. The van der Waals surface area contributed by atoms with Crippen molar-refractivity contribution in [2.45, 2.75) is 52.0 Å². The van der Waals surface area contributed by atoms with Gasteiger partial charge in [-0.05, 0) is 31.4 Å². The Hall–Kier alpha value is -1.81. The van der Waals surface area contributed by atoms with Gasteiger partial charge in [-0.3, -0.25) is 0 Å². The van der Waals surface area contributed by atoms with E-state index in [1.165, 1.54) is 61.4 Å². The zero-order chi connectivity index (χ0) is 16.7. The molecule has 3 aromatic rings. The molecule has 0 radical (unpaired) electrons. The largest absolute Gasteiger partial charge is 0.368 e. The second kappa shape index (κ2) is 5.92. The molecule has 0 aliphatic carbocycles. The first kappa shape index (κ1) is 15.7. The van der Waals surface area contributed by atoms with Gasteiger partial charge in [-0.25, -0.2) is 9.55 Å². The molecule has 24 heavy (non-hydrogen) atoms. The summed E-state index contributed by atoms with van der Waals surface area (Å²) in [6.45, 7) is 11.8. The molecule has 128 valence electrons. The van der Waals surface area contributed by atoms with Crippen molar-refractivity contribution in [1.82, 2.24) is 9.38 Å². The van der Waals surface area contributed by atoms with Crippen molar-refractivity contribution in [3.8, 4) is 0 Å². The van der Waals surface area contributed by atoms with Crippen LogP contribution in [-0.4, -0.2) is 29.0 Å². The average Bonchev–Trinajstić information content (AvgIpc) is 3.12. The van der Waals surface area contributed by atoms with Gasteiger partial charge in [0.25, 0.3) is 0 Å². The summed E-state index contributed by atoms with van der Waals surface area (Å²) in [5.41, 5.74) is 4.06. The van der Waals surface area contributed by atoms with E-state index in [4.69, 9.17) is 0 Å². The molecule has 2 N–H and O–H groups in total. The highest BCUT2D eigenvalue weighted by Crippen LogP contribution is 2.23. The molecule has 0 bridgehead atoms. The fraction of sp³-hybridized carbons (Fsp3) is 0.550. The van der Waals surface area contributed by atoms with Crippen LogP contribution in [0, 0.1) is 0 Å². The van der Waals surface area contributed by atoms with E-state index in [1.54, 1.807) is 4.90 Å². The summed E-state index contributed by atoms with van der Waals surface area (Å²) in [6, 6.07) is 8.76. The molecule has 0 amide bonds. The predicted octanol–water partition coefficient (Wildman–Crippen LogP) is 2.07. The number of hydrogen-bond donors (Lipinski definition) is 2. The highest BCUT2D eigenvalue weighted by Gasteiger charge is 2.26. The number of hydrogen-bond acceptors (Lipinski definition) is 0. The van der Waals surface area contributed by atoms with E-state index >= 15 is 0 Å². The van der Waals surface area contributed by atoms with Crippen LogP contribution in [0.15, 0.2) is 30.5 Å². The molecule has 1 saturated heterocycles. The number of rotatable bonds is 3. The van der Waals surface area contributed by atoms with Crippen molar-refractivity contribution in [1.29, 1.82) is 0 Å². The molecule has 0 atom stereocenters. The Morgan fingerprint density at radius 2 is 1.88 bits per heavy atom. The van der Waals surface area contributed by atoms with Gasteiger partial charge in [0.15, 0.2) is 0 Å². The zero-order valence-electron chi connectivity index (χ0n) is 15.2. The average molecular weight is 326 g/mol. The third-order valence-electron chi connectivity index (χ3n) is 5.48. The van der Waals surface area contributed by atoms with Gasteiger partial charge in [0, 0.05) is 5.41 Å². The van der Waals surface area contributed by atoms with Gasteiger partial charge < -0.3 is 4.90 Å². The van der Waals surface area contributed by atoms with Crippen molar-refractivity contribution >= 4 is 16.8 Å². The second-order valence-electron chi connectivity index (χ2n) is 8.31. The van der Waals surface area contributed by atoms with Crippen LogP contribution in [0.1, 0.15) is 45.7 Å². The lowest BCUT2D eigenvalue weighted by Gasteiger charge is -2.22. The summed E-state index contributed by atoms with van der Waals surface area (Å²) in [5.74, 6) is 1.22. The smallest absolute Gasteiger partial charge is 0.332 e. The van der Waals surface area contributed by atoms with Gasteiger partial charge in [0.2, 0.25) is 0 Å². The molecule has 1 aliphatic rings. The second-order valence-corrected chi connectivity index (χ2v) is 8.31. The first-order chi connectivity index (χ1) is 11.5. The molecular formula is C20H30N4+2. The van der Waals surface area contributed by atoms with E-state index in [0.717, 1.165) is 6.54 Å². The van der Waals surface area contributed by atoms with Crippen molar-refractivity contribution in [2.24, 2.45) is 0 Å². The SMILES string of the molecule is CC(C)(C)c1cn2c3ccccc3[n+](CC[NH+]3CCCCC3)c2[nH]1. The molecule has 4 nitrogen and oxygen atoms in total. The first-order valence-corrected chi connectivity index (χ1v) is 9.40. The van der Waals surface area contributed by atoms with Gasteiger partial charge in [0.05, 0.1) is 13.1 Å². The van der Waals surface area contributed by atoms with Crippen LogP contribution in [0.4, 0.5) is 0 Å². The van der Waals surface area contributed by atoms with Gasteiger partial charge in [-0.15, -0.1) is 0 Å². The van der Waals surface area contributed by atoms with E-state index in [9.17, 15) is 0 Å². The highest BCUT2D eigenvalue weighted by molar-refractivity contribution is 5.75. The molecular weight excluding hydrogens is 296 g/mol. The maximum atomic E-state index is 3.70. The summed E-state index contributed by atoms with van der Waals surface area (Å²) in [4.78, 5) is 5.46. The molecule has 0 unspecified atom stereocenters. The highest BCUT2D eigenvalue weighted by atomic mass is 15.2. The van der Waals surface area contributed by atoms with E-state index < -0.39 is 0 Å². The Labute approximate surface area is 144 Å². The number of likely N-dealkylation sites (tertiary alicyclic amines) is 1.